The topological polar surface area (TPSA) is 75.5 Å². The Hall–Kier alpha value is -3.03. The largest absolute Gasteiger partial charge is 0.371 e. The van der Waals surface area contributed by atoms with E-state index in [-0.39, 0.29) is 23.2 Å². The molecule has 0 aliphatic carbocycles. The number of hydrogen-bond acceptors (Lipinski definition) is 4. The van der Waals surface area contributed by atoms with Crippen molar-refractivity contribution in [3.05, 3.63) is 64.2 Å². The highest BCUT2D eigenvalue weighted by Crippen LogP contribution is 2.26. The van der Waals surface area contributed by atoms with Gasteiger partial charge in [-0.05, 0) is 37.1 Å². The van der Waals surface area contributed by atoms with Crippen molar-refractivity contribution in [2.24, 2.45) is 5.92 Å². The molecular formula is C18H17F2N3O3. The van der Waals surface area contributed by atoms with Crippen LogP contribution in [0, 0.1) is 27.7 Å². The third kappa shape index (κ3) is 3.96. The number of halogens is 2. The predicted molar refractivity (Wildman–Crippen MR) is 93.0 cm³/mol. The van der Waals surface area contributed by atoms with Crippen LogP contribution in [0.1, 0.15) is 12.8 Å². The molecule has 3 rings (SSSR count). The van der Waals surface area contributed by atoms with E-state index in [0.29, 0.717) is 25.9 Å². The van der Waals surface area contributed by atoms with Gasteiger partial charge in [0.25, 0.3) is 5.69 Å². The number of nitro groups is 1. The molecule has 26 heavy (non-hydrogen) atoms. The van der Waals surface area contributed by atoms with Gasteiger partial charge in [0.2, 0.25) is 5.91 Å². The Bertz CT molecular complexity index is 819. The first kappa shape index (κ1) is 17.8. The zero-order valence-corrected chi connectivity index (χ0v) is 13.8. The van der Waals surface area contributed by atoms with Crippen LogP contribution in [0.2, 0.25) is 0 Å². The van der Waals surface area contributed by atoms with Crippen molar-refractivity contribution in [2.45, 2.75) is 12.8 Å². The van der Waals surface area contributed by atoms with E-state index in [2.05, 4.69) is 5.32 Å². The summed E-state index contributed by atoms with van der Waals surface area (Å²) in [7, 11) is 0. The highest BCUT2D eigenvalue weighted by molar-refractivity contribution is 5.92. The van der Waals surface area contributed by atoms with Crippen LogP contribution in [0.3, 0.4) is 0 Å². The SMILES string of the molecule is O=C(Nc1cc(F)ccc1F)C1CCN(c2ccc([N+](=O)[O-])cc2)CC1. The molecule has 136 valence electrons. The number of amides is 1. The van der Waals surface area contributed by atoms with Gasteiger partial charge in [-0.25, -0.2) is 8.78 Å². The summed E-state index contributed by atoms with van der Waals surface area (Å²) in [6, 6.07) is 9.18. The summed E-state index contributed by atoms with van der Waals surface area (Å²) >= 11 is 0. The zero-order valence-electron chi connectivity index (χ0n) is 13.8. The molecule has 1 amide bonds. The summed E-state index contributed by atoms with van der Waals surface area (Å²) < 4.78 is 26.8. The molecule has 0 atom stereocenters. The number of carbonyl (C=O) groups excluding carboxylic acids is 1. The summed E-state index contributed by atoms with van der Waals surface area (Å²) in [6.07, 6.45) is 1.11. The Morgan fingerprint density at radius 2 is 1.77 bits per heavy atom. The Kier molecular flexibility index (Phi) is 5.11. The molecule has 1 fully saturated rings. The molecule has 6 nitrogen and oxygen atoms in total. The Morgan fingerprint density at radius 1 is 1.12 bits per heavy atom. The van der Waals surface area contributed by atoms with E-state index < -0.39 is 16.6 Å². The fraction of sp³-hybridized carbons (Fsp3) is 0.278. The van der Waals surface area contributed by atoms with Crippen molar-refractivity contribution in [1.82, 2.24) is 0 Å². The smallest absolute Gasteiger partial charge is 0.269 e. The summed E-state index contributed by atoms with van der Waals surface area (Å²) in [5, 5.41) is 13.1. The zero-order chi connectivity index (χ0) is 18.7. The average Bonchev–Trinajstić information content (AvgIpc) is 2.65. The number of benzene rings is 2. The quantitative estimate of drug-likeness (QED) is 0.665. The first-order valence-electron chi connectivity index (χ1n) is 8.19. The van der Waals surface area contributed by atoms with Crippen LogP contribution in [0.15, 0.2) is 42.5 Å². The molecular weight excluding hydrogens is 344 g/mol. The summed E-state index contributed by atoms with van der Waals surface area (Å²) in [5.74, 6) is -1.93. The lowest BCUT2D eigenvalue weighted by Crippen LogP contribution is -2.38. The maximum atomic E-state index is 13.6. The molecule has 2 aromatic carbocycles. The second-order valence-electron chi connectivity index (χ2n) is 6.15. The van der Waals surface area contributed by atoms with Crippen molar-refractivity contribution in [2.75, 3.05) is 23.3 Å². The third-order valence-corrected chi connectivity index (χ3v) is 4.48. The lowest BCUT2D eigenvalue weighted by molar-refractivity contribution is -0.384. The molecule has 8 heteroatoms. The second-order valence-corrected chi connectivity index (χ2v) is 6.15. The van der Waals surface area contributed by atoms with Crippen LogP contribution >= 0.6 is 0 Å². The number of anilines is 2. The summed E-state index contributed by atoms with van der Waals surface area (Å²) in [4.78, 5) is 24.6. The van der Waals surface area contributed by atoms with Crippen molar-refractivity contribution in [3.63, 3.8) is 0 Å². The van der Waals surface area contributed by atoms with E-state index in [9.17, 15) is 23.7 Å². The number of hydrogen-bond donors (Lipinski definition) is 1. The van der Waals surface area contributed by atoms with Gasteiger partial charge >= 0.3 is 0 Å². The van der Waals surface area contributed by atoms with Crippen molar-refractivity contribution < 1.29 is 18.5 Å². The highest BCUT2D eigenvalue weighted by Gasteiger charge is 2.26. The van der Waals surface area contributed by atoms with E-state index in [1.54, 1.807) is 12.1 Å². The normalized spacial score (nSPS) is 14.9. The summed E-state index contributed by atoms with van der Waals surface area (Å²) in [5.41, 5.74) is 0.721. The van der Waals surface area contributed by atoms with Gasteiger partial charge < -0.3 is 10.2 Å². The Labute approximate surface area is 148 Å². The molecule has 0 radical (unpaired) electrons. The van der Waals surface area contributed by atoms with Gasteiger partial charge in [0.15, 0.2) is 0 Å². The molecule has 1 aliphatic rings. The molecule has 0 aromatic heterocycles. The van der Waals surface area contributed by atoms with E-state index in [4.69, 9.17) is 0 Å². The number of nitrogens with one attached hydrogen (secondary N) is 1. The molecule has 1 heterocycles. The van der Waals surface area contributed by atoms with Crippen LogP contribution in [0.5, 0.6) is 0 Å². The summed E-state index contributed by atoms with van der Waals surface area (Å²) in [6.45, 7) is 1.20. The minimum absolute atomic E-state index is 0.0279. The average molecular weight is 361 g/mol. The lowest BCUT2D eigenvalue weighted by atomic mass is 9.95. The molecule has 0 bridgehead atoms. The van der Waals surface area contributed by atoms with Gasteiger partial charge in [-0.3, -0.25) is 14.9 Å². The van der Waals surface area contributed by atoms with E-state index in [1.807, 2.05) is 4.90 Å². The second kappa shape index (κ2) is 7.47. The van der Waals surface area contributed by atoms with E-state index in [1.165, 1.54) is 12.1 Å². The molecule has 0 spiro atoms. The maximum Gasteiger partial charge on any atom is 0.269 e. The molecule has 2 aromatic rings. The first-order valence-corrected chi connectivity index (χ1v) is 8.19. The number of non-ortho nitro benzene ring substituents is 1. The Balaban J connectivity index is 1.58. The number of carbonyl (C=O) groups is 1. The van der Waals surface area contributed by atoms with Crippen LogP contribution < -0.4 is 10.2 Å². The minimum Gasteiger partial charge on any atom is -0.371 e. The van der Waals surface area contributed by atoms with Crippen LogP contribution in [-0.2, 0) is 4.79 Å². The number of rotatable bonds is 4. The molecule has 0 saturated carbocycles. The van der Waals surface area contributed by atoms with Gasteiger partial charge in [-0.2, -0.15) is 0 Å². The first-order chi connectivity index (χ1) is 12.4. The predicted octanol–water partition coefficient (Wildman–Crippen LogP) is 3.73. The fourth-order valence-corrected chi connectivity index (χ4v) is 3.01. The lowest BCUT2D eigenvalue weighted by Gasteiger charge is -2.33. The number of nitrogens with zero attached hydrogens (tertiary/aromatic N) is 2. The van der Waals surface area contributed by atoms with Gasteiger partial charge in [0.1, 0.15) is 11.6 Å². The van der Waals surface area contributed by atoms with E-state index in [0.717, 1.165) is 23.9 Å². The highest BCUT2D eigenvalue weighted by atomic mass is 19.1. The van der Waals surface area contributed by atoms with E-state index >= 15 is 0 Å². The fourth-order valence-electron chi connectivity index (χ4n) is 3.01. The minimum atomic E-state index is -0.678. The van der Waals surface area contributed by atoms with Crippen LogP contribution in [0.4, 0.5) is 25.8 Å². The van der Waals surface area contributed by atoms with Crippen LogP contribution in [-0.4, -0.2) is 23.9 Å². The van der Waals surface area contributed by atoms with Crippen LogP contribution in [0.25, 0.3) is 0 Å². The molecule has 0 unspecified atom stereocenters. The van der Waals surface area contributed by atoms with Crippen molar-refractivity contribution in [1.29, 1.82) is 0 Å². The van der Waals surface area contributed by atoms with Gasteiger partial charge in [-0.1, -0.05) is 0 Å². The number of nitro benzene ring substituents is 1. The van der Waals surface area contributed by atoms with Crippen molar-refractivity contribution >= 4 is 23.0 Å². The number of piperidine rings is 1. The third-order valence-electron chi connectivity index (χ3n) is 4.48. The monoisotopic (exact) mass is 361 g/mol. The van der Waals surface area contributed by atoms with Crippen molar-refractivity contribution in [3.8, 4) is 0 Å². The van der Waals surface area contributed by atoms with Gasteiger partial charge in [-0.15, -0.1) is 0 Å². The molecule has 1 N–H and O–H groups in total. The Morgan fingerprint density at radius 3 is 2.38 bits per heavy atom. The maximum absolute atomic E-state index is 13.6. The van der Waals surface area contributed by atoms with Gasteiger partial charge in [0, 0.05) is 42.9 Å². The standard InChI is InChI=1S/C18H17F2N3O3/c19-13-1-6-16(20)17(11-13)21-18(24)12-7-9-22(10-8-12)14-2-4-15(5-3-14)23(25)26/h1-6,11-12H,7-10H2,(H,21,24). The molecule has 1 saturated heterocycles. The molecule has 1 aliphatic heterocycles. The van der Waals surface area contributed by atoms with Gasteiger partial charge in [0.05, 0.1) is 10.6 Å².